The Morgan fingerprint density at radius 1 is 1.33 bits per heavy atom. The van der Waals surface area contributed by atoms with E-state index in [1.54, 1.807) is 0 Å². The summed E-state index contributed by atoms with van der Waals surface area (Å²) < 4.78 is 39.5. The Morgan fingerprint density at radius 2 is 1.93 bits per heavy atom. The van der Waals surface area contributed by atoms with E-state index in [2.05, 4.69) is 4.74 Å². The summed E-state index contributed by atoms with van der Waals surface area (Å²) in [6.07, 6.45) is -4.80. The maximum atomic E-state index is 11.9. The molecule has 1 aromatic rings. The minimum absolute atomic E-state index is 0.0411. The number of hydrogen-bond donors (Lipinski definition) is 1. The number of halogens is 5. The number of nitrogens with two attached hydrogens (primary N) is 1. The van der Waals surface area contributed by atoms with Gasteiger partial charge in [-0.05, 0) is 11.6 Å². The van der Waals surface area contributed by atoms with E-state index in [1.165, 1.54) is 6.07 Å². The zero-order valence-corrected chi connectivity index (χ0v) is 8.75. The Morgan fingerprint density at radius 3 is 2.40 bits per heavy atom. The van der Waals surface area contributed by atoms with Crippen molar-refractivity contribution in [3.63, 3.8) is 0 Å². The first-order chi connectivity index (χ1) is 6.83. The highest BCUT2D eigenvalue weighted by Gasteiger charge is 2.32. The summed E-state index contributed by atoms with van der Waals surface area (Å²) in [5.41, 5.74) is 5.54. The lowest BCUT2D eigenvalue weighted by molar-refractivity contribution is -0.274. The zero-order chi connectivity index (χ0) is 11.6. The Balaban J connectivity index is 3.12. The minimum atomic E-state index is -4.80. The van der Waals surface area contributed by atoms with E-state index < -0.39 is 12.1 Å². The highest BCUT2D eigenvalue weighted by atomic mass is 35.5. The van der Waals surface area contributed by atoms with Crippen LogP contribution >= 0.6 is 23.2 Å². The molecule has 0 saturated heterocycles. The van der Waals surface area contributed by atoms with E-state index in [1.807, 2.05) is 0 Å². The predicted molar refractivity (Wildman–Crippen MR) is 52.1 cm³/mol. The van der Waals surface area contributed by atoms with Gasteiger partial charge in [0.25, 0.3) is 0 Å². The highest BCUT2D eigenvalue weighted by Crippen LogP contribution is 2.34. The Kier molecular flexibility index (Phi) is 3.57. The fourth-order valence-electron chi connectivity index (χ4n) is 0.967. The van der Waals surface area contributed by atoms with Crippen LogP contribution in [0.3, 0.4) is 0 Å². The SMILES string of the molecule is Nc1c(CCl)cc(Cl)cc1OC(F)(F)F. The molecule has 2 N–H and O–H groups in total. The lowest BCUT2D eigenvalue weighted by Crippen LogP contribution is -2.18. The van der Waals surface area contributed by atoms with Gasteiger partial charge in [-0.25, -0.2) is 0 Å². The van der Waals surface area contributed by atoms with E-state index in [4.69, 9.17) is 28.9 Å². The van der Waals surface area contributed by atoms with Gasteiger partial charge in [0.05, 0.1) is 5.69 Å². The van der Waals surface area contributed by atoms with Crippen molar-refractivity contribution in [3.8, 4) is 5.75 Å². The van der Waals surface area contributed by atoms with Crippen LogP contribution < -0.4 is 10.5 Å². The summed E-state index contributed by atoms with van der Waals surface area (Å²) in [6, 6.07) is 2.37. The molecule has 7 heteroatoms. The zero-order valence-electron chi connectivity index (χ0n) is 7.24. The Hall–Kier alpha value is -0.810. The van der Waals surface area contributed by atoms with Crippen molar-refractivity contribution < 1.29 is 17.9 Å². The third kappa shape index (κ3) is 3.35. The molecular formula is C8H6Cl2F3NO. The second-order valence-electron chi connectivity index (χ2n) is 2.66. The maximum absolute atomic E-state index is 11.9. The largest absolute Gasteiger partial charge is 0.573 e. The molecule has 0 aliphatic heterocycles. The molecule has 0 aromatic heterocycles. The van der Waals surface area contributed by atoms with Crippen molar-refractivity contribution in [2.75, 3.05) is 5.73 Å². The summed E-state index contributed by atoms with van der Waals surface area (Å²) in [6.45, 7) is 0. The third-order valence-electron chi connectivity index (χ3n) is 1.56. The fourth-order valence-corrected chi connectivity index (χ4v) is 1.42. The van der Waals surface area contributed by atoms with E-state index in [9.17, 15) is 13.2 Å². The smallest absolute Gasteiger partial charge is 0.404 e. The number of hydrogen-bond acceptors (Lipinski definition) is 2. The van der Waals surface area contributed by atoms with Gasteiger partial charge in [0, 0.05) is 17.0 Å². The van der Waals surface area contributed by atoms with Crippen molar-refractivity contribution in [1.29, 1.82) is 0 Å². The van der Waals surface area contributed by atoms with Crippen LogP contribution in [0, 0.1) is 0 Å². The standard InChI is InChI=1S/C8H6Cl2F3NO/c9-3-4-1-5(10)2-6(7(4)14)15-8(11,12)13/h1-2H,3,14H2. The molecule has 0 amide bonds. The molecule has 0 aliphatic rings. The molecule has 0 aliphatic carbocycles. The molecule has 1 aromatic carbocycles. The van der Waals surface area contributed by atoms with Crippen molar-refractivity contribution in [2.45, 2.75) is 12.2 Å². The molecule has 15 heavy (non-hydrogen) atoms. The van der Waals surface area contributed by atoms with Gasteiger partial charge in [-0.2, -0.15) is 0 Å². The van der Waals surface area contributed by atoms with E-state index in [0.717, 1.165) is 6.07 Å². The number of nitrogen functional groups attached to an aromatic ring is 1. The molecule has 0 saturated carbocycles. The number of rotatable bonds is 2. The normalized spacial score (nSPS) is 11.5. The average molecular weight is 260 g/mol. The van der Waals surface area contributed by atoms with Gasteiger partial charge in [-0.3, -0.25) is 0 Å². The first kappa shape index (κ1) is 12.3. The molecule has 0 spiro atoms. The van der Waals surface area contributed by atoms with Crippen LogP contribution in [0.25, 0.3) is 0 Å². The lowest BCUT2D eigenvalue weighted by atomic mass is 10.2. The quantitative estimate of drug-likeness (QED) is 0.651. The lowest BCUT2D eigenvalue weighted by Gasteiger charge is -2.13. The van der Waals surface area contributed by atoms with Crippen LogP contribution in [0.2, 0.25) is 5.02 Å². The molecule has 0 unspecified atom stereocenters. The second kappa shape index (κ2) is 4.37. The fraction of sp³-hybridized carbons (Fsp3) is 0.250. The number of ether oxygens (including phenoxy) is 1. The molecule has 1 rings (SSSR count). The van der Waals surface area contributed by atoms with Crippen molar-refractivity contribution in [2.24, 2.45) is 0 Å². The van der Waals surface area contributed by atoms with Gasteiger partial charge in [0.2, 0.25) is 0 Å². The van der Waals surface area contributed by atoms with Crippen LogP contribution in [0.4, 0.5) is 18.9 Å². The van der Waals surface area contributed by atoms with E-state index in [-0.39, 0.29) is 16.6 Å². The number of alkyl halides is 4. The molecule has 0 bridgehead atoms. The van der Waals surface area contributed by atoms with Gasteiger partial charge < -0.3 is 10.5 Å². The first-order valence-corrected chi connectivity index (χ1v) is 4.64. The highest BCUT2D eigenvalue weighted by molar-refractivity contribution is 6.31. The monoisotopic (exact) mass is 259 g/mol. The van der Waals surface area contributed by atoms with Crippen molar-refractivity contribution in [1.82, 2.24) is 0 Å². The summed E-state index contributed by atoms with van der Waals surface area (Å²) in [4.78, 5) is 0. The summed E-state index contributed by atoms with van der Waals surface area (Å²) >= 11 is 11.0. The molecule has 0 radical (unpaired) electrons. The van der Waals surface area contributed by atoms with Crippen LogP contribution in [-0.2, 0) is 5.88 Å². The first-order valence-electron chi connectivity index (χ1n) is 3.73. The topological polar surface area (TPSA) is 35.2 Å². The summed E-state index contributed by atoms with van der Waals surface area (Å²) in [7, 11) is 0. The molecular weight excluding hydrogens is 254 g/mol. The van der Waals surface area contributed by atoms with Crippen LogP contribution in [0.1, 0.15) is 5.56 Å². The van der Waals surface area contributed by atoms with Crippen molar-refractivity contribution >= 4 is 28.9 Å². The second-order valence-corrected chi connectivity index (χ2v) is 3.36. The Labute approximate surface area is 93.7 Å². The molecule has 0 atom stereocenters. The van der Waals surface area contributed by atoms with Gasteiger partial charge in [-0.15, -0.1) is 24.8 Å². The van der Waals surface area contributed by atoms with E-state index >= 15 is 0 Å². The van der Waals surface area contributed by atoms with Gasteiger partial charge in [0.15, 0.2) is 5.75 Å². The number of anilines is 1. The van der Waals surface area contributed by atoms with Gasteiger partial charge in [0.1, 0.15) is 0 Å². The molecule has 0 heterocycles. The minimum Gasteiger partial charge on any atom is -0.404 e. The van der Waals surface area contributed by atoms with Gasteiger partial charge in [-0.1, -0.05) is 11.6 Å². The third-order valence-corrected chi connectivity index (χ3v) is 2.07. The van der Waals surface area contributed by atoms with E-state index in [0.29, 0.717) is 5.56 Å². The van der Waals surface area contributed by atoms with Crippen LogP contribution in [0.15, 0.2) is 12.1 Å². The predicted octanol–water partition coefficient (Wildman–Crippen LogP) is 3.56. The molecule has 0 fully saturated rings. The number of benzene rings is 1. The maximum Gasteiger partial charge on any atom is 0.573 e. The molecule has 84 valence electrons. The van der Waals surface area contributed by atoms with Crippen molar-refractivity contribution in [3.05, 3.63) is 22.7 Å². The van der Waals surface area contributed by atoms with Crippen LogP contribution in [0.5, 0.6) is 5.75 Å². The van der Waals surface area contributed by atoms with Gasteiger partial charge >= 0.3 is 6.36 Å². The summed E-state index contributed by atoms with van der Waals surface area (Å²) in [5, 5.41) is 0.0825. The average Bonchev–Trinajstić information content (AvgIpc) is 2.08. The summed E-state index contributed by atoms with van der Waals surface area (Å²) in [5.74, 6) is -0.577. The Bertz CT molecular complexity index is 368. The van der Waals surface area contributed by atoms with Crippen LogP contribution in [-0.4, -0.2) is 6.36 Å². The molecule has 2 nitrogen and oxygen atoms in total.